The van der Waals surface area contributed by atoms with Crippen LogP contribution >= 0.6 is 23.2 Å². The van der Waals surface area contributed by atoms with Crippen LogP contribution in [0.4, 0.5) is 11.6 Å². The topological polar surface area (TPSA) is 98.8 Å². The van der Waals surface area contributed by atoms with Crippen LogP contribution in [0.25, 0.3) is 0 Å². The van der Waals surface area contributed by atoms with Crippen molar-refractivity contribution >= 4 is 47.0 Å². The Morgan fingerprint density at radius 2 is 2.00 bits per heavy atom. The molecule has 8 nitrogen and oxygen atoms in total. The molecule has 150 valence electrons. The highest BCUT2D eigenvalue weighted by atomic mass is 35.5. The molecule has 0 aliphatic heterocycles. The Labute approximate surface area is 176 Å². The number of hydrogen-bond donors (Lipinski definition) is 1. The van der Waals surface area contributed by atoms with E-state index >= 15 is 0 Å². The number of methoxy groups -OCH3 is 1. The Morgan fingerprint density at radius 1 is 1.17 bits per heavy atom. The molecule has 0 saturated heterocycles. The molecule has 1 N–H and O–H groups in total. The Balaban J connectivity index is 1.72. The number of nitrogens with one attached hydrogen (secondary N) is 1. The Morgan fingerprint density at radius 3 is 2.72 bits per heavy atom. The van der Waals surface area contributed by atoms with Crippen LogP contribution in [0.1, 0.15) is 18.1 Å². The number of rotatable bonds is 7. The quantitative estimate of drug-likeness (QED) is 0.542. The van der Waals surface area contributed by atoms with E-state index in [2.05, 4.69) is 25.3 Å². The molecule has 1 aromatic heterocycles. The summed E-state index contributed by atoms with van der Waals surface area (Å²) in [5.74, 6) is 1.07. The van der Waals surface area contributed by atoms with Crippen molar-refractivity contribution in [2.75, 3.05) is 12.4 Å². The molecule has 0 saturated carbocycles. The van der Waals surface area contributed by atoms with Crippen LogP contribution in [0, 0.1) is 0 Å². The lowest BCUT2D eigenvalue weighted by Gasteiger charge is -2.11. The number of aliphatic imine (C=N–C) groups is 1. The molecule has 0 aliphatic carbocycles. The zero-order chi connectivity index (χ0) is 20.8. The van der Waals surface area contributed by atoms with Crippen molar-refractivity contribution in [3.63, 3.8) is 0 Å². The van der Waals surface area contributed by atoms with E-state index in [0.717, 1.165) is 11.1 Å². The minimum absolute atomic E-state index is 0.141. The summed E-state index contributed by atoms with van der Waals surface area (Å²) >= 11 is 11.9. The standard InChI is InChI=1S/C19H16Cl2N4O4/c1-11(26)23-19-18(24-29-25-19)22-9-12-4-6-16(17(8-12)27-2)28-10-13-3-5-14(20)15(21)7-13/h3-9H,10H2,1-2H3,(H,23,25,26). The van der Waals surface area contributed by atoms with Gasteiger partial charge in [0.1, 0.15) is 6.61 Å². The molecular weight excluding hydrogens is 419 g/mol. The van der Waals surface area contributed by atoms with Crippen LogP contribution < -0.4 is 14.8 Å². The molecular formula is C19H16Cl2N4O4. The number of ether oxygens (including phenoxy) is 2. The summed E-state index contributed by atoms with van der Waals surface area (Å²) in [6.07, 6.45) is 1.54. The van der Waals surface area contributed by atoms with Crippen molar-refractivity contribution in [3.8, 4) is 11.5 Å². The van der Waals surface area contributed by atoms with Gasteiger partial charge in [-0.3, -0.25) is 4.79 Å². The van der Waals surface area contributed by atoms with E-state index in [1.807, 2.05) is 6.07 Å². The van der Waals surface area contributed by atoms with Gasteiger partial charge in [0.15, 0.2) is 11.5 Å². The number of anilines is 1. The van der Waals surface area contributed by atoms with Crippen LogP contribution in [-0.2, 0) is 11.4 Å². The maximum absolute atomic E-state index is 11.1. The first-order valence-electron chi connectivity index (χ1n) is 8.35. The zero-order valence-corrected chi connectivity index (χ0v) is 17.0. The zero-order valence-electron chi connectivity index (χ0n) is 15.5. The lowest BCUT2D eigenvalue weighted by atomic mass is 10.2. The summed E-state index contributed by atoms with van der Waals surface area (Å²) in [7, 11) is 1.54. The van der Waals surface area contributed by atoms with Gasteiger partial charge in [-0.15, -0.1) is 0 Å². The van der Waals surface area contributed by atoms with E-state index in [1.165, 1.54) is 13.1 Å². The third kappa shape index (κ3) is 5.46. The van der Waals surface area contributed by atoms with E-state index in [-0.39, 0.29) is 17.5 Å². The Kier molecular flexibility index (Phi) is 6.69. The number of hydrogen-bond acceptors (Lipinski definition) is 7. The minimum atomic E-state index is -0.303. The fourth-order valence-electron chi connectivity index (χ4n) is 2.32. The molecule has 0 bridgehead atoms. The first kappa shape index (κ1) is 20.6. The number of nitrogens with zero attached hydrogens (tertiary/aromatic N) is 3. The highest BCUT2D eigenvalue weighted by molar-refractivity contribution is 6.42. The van der Waals surface area contributed by atoms with Gasteiger partial charge in [0, 0.05) is 13.1 Å². The second kappa shape index (κ2) is 9.40. The van der Waals surface area contributed by atoms with Crippen molar-refractivity contribution in [1.29, 1.82) is 0 Å². The number of halogens is 2. The van der Waals surface area contributed by atoms with Crippen molar-refractivity contribution in [2.45, 2.75) is 13.5 Å². The highest BCUT2D eigenvalue weighted by Crippen LogP contribution is 2.30. The monoisotopic (exact) mass is 434 g/mol. The summed E-state index contributed by atoms with van der Waals surface area (Å²) in [5.41, 5.74) is 1.59. The first-order valence-corrected chi connectivity index (χ1v) is 9.11. The SMILES string of the molecule is COc1cc(C=Nc2nonc2NC(C)=O)ccc1OCc1ccc(Cl)c(Cl)c1. The molecule has 0 radical (unpaired) electrons. The van der Waals surface area contributed by atoms with Crippen molar-refractivity contribution in [3.05, 3.63) is 57.6 Å². The molecule has 29 heavy (non-hydrogen) atoms. The lowest BCUT2D eigenvalue weighted by molar-refractivity contribution is -0.114. The van der Waals surface area contributed by atoms with Crippen LogP contribution in [0.15, 0.2) is 46.0 Å². The first-order chi connectivity index (χ1) is 14.0. The van der Waals surface area contributed by atoms with E-state index in [0.29, 0.717) is 28.2 Å². The number of aromatic nitrogens is 2. The summed E-state index contributed by atoms with van der Waals surface area (Å²) in [6, 6.07) is 10.6. The summed E-state index contributed by atoms with van der Waals surface area (Å²) < 4.78 is 15.8. The second-order valence-corrected chi connectivity index (χ2v) is 6.64. The fraction of sp³-hybridized carbons (Fsp3) is 0.158. The van der Waals surface area contributed by atoms with Gasteiger partial charge in [-0.05, 0) is 51.8 Å². The van der Waals surface area contributed by atoms with Gasteiger partial charge in [-0.25, -0.2) is 9.62 Å². The Hall–Kier alpha value is -3.10. The predicted molar refractivity (Wildman–Crippen MR) is 110 cm³/mol. The van der Waals surface area contributed by atoms with Crippen LogP contribution in [0.2, 0.25) is 10.0 Å². The molecule has 0 aliphatic rings. The lowest BCUT2D eigenvalue weighted by Crippen LogP contribution is -2.06. The largest absolute Gasteiger partial charge is 0.493 e. The van der Waals surface area contributed by atoms with E-state index in [1.54, 1.807) is 37.4 Å². The van der Waals surface area contributed by atoms with E-state index in [9.17, 15) is 4.79 Å². The van der Waals surface area contributed by atoms with Crippen molar-refractivity contribution in [1.82, 2.24) is 10.3 Å². The predicted octanol–water partition coefficient (Wildman–Crippen LogP) is 4.67. The highest BCUT2D eigenvalue weighted by Gasteiger charge is 2.10. The molecule has 1 amide bonds. The van der Waals surface area contributed by atoms with Crippen LogP contribution in [0.3, 0.4) is 0 Å². The summed E-state index contributed by atoms with van der Waals surface area (Å²) in [5, 5.41) is 10.7. The van der Waals surface area contributed by atoms with Gasteiger partial charge in [0.25, 0.3) is 0 Å². The van der Waals surface area contributed by atoms with E-state index in [4.69, 9.17) is 32.7 Å². The second-order valence-electron chi connectivity index (χ2n) is 5.82. The average molecular weight is 435 g/mol. The van der Waals surface area contributed by atoms with Crippen molar-refractivity contribution < 1.29 is 18.9 Å². The van der Waals surface area contributed by atoms with Crippen LogP contribution in [-0.4, -0.2) is 29.5 Å². The molecule has 2 aromatic carbocycles. The molecule has 0 spiro atoms. The fourth-order valence-corrected chi connectivity index (χ4v) is 2.64. The van der Waals surface area contributed by atoms with Gasteiger partial charge >= 0.3 is 0 Å². The number of carbonyl (C=O) groups is 1. The van der Waals surface area contributed by atoms with Crippen LogP contribution in [0.5, 0.6) is 11.5 Å². The molecule has 1 heterocycles. The third-order valence-corrected chi connectivity index (χ3v) is 4.41. The molecule has 0 fully saturated rings. The average Bonchev–Trinajstić information content (AvgIpc) is 3.13. The maximum Gasteiger partial charge on any atom is 0.241 e. The molecule has 0 atom stereocenters. The van der Waals surface area contributed by atoms with Gasteiger partial charge in [0.2, 0.25) is 17.5 Å². The van der Waals surface area contributed by atoms with Crippen molar-refractivity contribution in [2.24, 2.45) is 4.99 Å². The normalized spacial score (nSPS) is 10.9. The number of benzene rings is 2. The molecule has 3 aromatic rings. The van der Waals surface area contributed by atoms with Gasteiger partial charge < -0.3 is 14.8 Å². The van der Waals surface area contributed by atoms with Gasteiger partial charge in [-0.1, -0.05) is 29.3 Å². The summed E-state index contributed by atoms with van der Waals surface area (Å²) in [6.45, 7) is 1.65. The van der Waals surface area contributed by atoms with Gasteiger partial charge in [0.05, 0.1) is 17.2 Å². The Bertz CT molecular complexity index is 1050. The molecule has 3 rings (SSSR count). The molecule has 10 heteroatoms. The minimum Gasteiger partial charge on any atom is -0.493 e. The maximum atomic E-state index is 11.1. The molecule has 0 unspecified atom stereocenters. The van der Waals surface area contributed by atoms with Gasteiger partial charge in [-0.2, -0.15) is 0 Å². The summed E-state index contributed by atoms with van der Waals surface area (Å²) in [4.78, 5) is 15.3. The van der Waals surface area contributed by atoms with E-state index < -0.39 is 0 Å². The number of amides is 1. The number of carbonyl (C=O) groups excluding carboxylic acids is 1. The smallest absolute Gasteiger partial charge is 0.241 e. The third-order valence-electron chi connectivity index (χ3n) is 3.67.